The lowest BCUT2D eigenvalue weighted by Crippen LogP contribution is -2.64. The first-order chi connectivity index (χ1) is 30.2. The zero-order valence-electron chi connectivity index (χ0n) is 38.7. The van der Waals surface area contributed by atoms with Gasteiger partial charge in [0.15, 0.2) is 11.2 Å². The number of carbonyl (C=O) groups is 4. The summed E-state index contributed by atoms with van der Waals surface area (Å²) in [6, 6.07) is 16.5. The third kappa shape index (κ3) is 10.4. The monoisotopic (exact) mass is 878 g/mol. The van der Waals surface area contributed by atoms with Crippen LogP contribution in [0.5, 0.6) is 0 Å². The maximum absolute atomic E-state index is 14.1. The molecule has 4 saturated heterocycles. The van der Waals surface area contributed by atoms with E-state index in [1.54, 1.807) is 0 Å². The van der Waals surface area contributed by atoms with Crippen LogP contribution in [0.4, 0.5) is 0 Å². The summed E-state index contributed by atoms with van der Waals surface area (Å²) in [4.78, 5) is 64.5. The first-order valence-corrected chi connectivity index (χ1v) is 22.8. The maximum atomic E-state index is 14.1. The zero-order valence-corrected chi connectivity index (χ0v) is 38.7. The molecule has 344 valence electrons. The minimum Gasteiger partial charge on any atom is -0.462 e. The van der Waals surface area contributed by atoms with Crippen molar-refractivity contribution in [1.82, 2.24) is 25.3 Å². The molecule has 6 heterocycles. The van der Waals surface area contributed by atoms with Crippen LogP contribution in [0, 0.1) is 22.7 Å². The second-order valence-corrected chi connectivity index (χ2v) is 20.5. The van der Waals surface area contributed by atoms with E-state index in [2.05, 4.69) is 110 Å². The molecule has 2 aromatic heterocycles. The van der Waals surface area contributed by atoms with Crippen molar-refractivity contribution in [3.63, 3.8) is 0 Å². The Kier molecular flexibility index (Phi) is 13.6. The molecule has 2 aromatic carbocycles. The number of H-pyrrole nitrogens is 2. The predicted molar refractivity (Wildman–Crippen MR) is 242 cm³/mol. The number of amides is 2. The highest BCUT2D eigenvalue weighted by molar-refractivity contribution is 5.87. The summed E-state index contributed by atoms with van der Waals surface area (Å²) < 4.78 is 22.5. The number of hydrogen-bond acceptors (Lipinski definition) is 10. The lowest BCUT2D eigenvalue weighted by molar-refractivity contribution is -0.219. The van der Waals surface area contributed by atoms with E-state index >= 15 is 0 Å². The summed E-state index contributed by atoms with van der Waals surface area (Å²) in [5, 5.41) is 3.26. The van der Waals surface area contributed by atoms with Crippen molar-refractivity contribution in [2.75, 3.05) is 13.2 Å². The van der Waals surface area contributed by atoms with Gasteiger partial charge in [-0.3, -0.25) is 19.2 Å². The number of imidazole rings is 2. The number of esters is 2. The van der Waals surface area contributed by atoms with E-state index in [-0.39, 0.29) is 54.0 Å². The number of fused-ring (bicyclic) bond motifs is 6. The van der Waals surface area contributed by atoms with Crippen LogP contribution in [0.25, 0.3) is 33.6 Å². The first kappa shape index (κ1) is 46.6. The molecule has 2 aliphatic carbocycles. The lowest BCUT2D eigenvalue weighted by atomic mass is 9.71. The molecule has 6 fully saturated rings. The van der Waals surface area contributed by atoms with Gasteiger partial charge in [-0.05, 0) is 84.5 Å². The summed E-state index contributed by atoms with van der Waals surface area (Å²) in [5.74, 6) is 0.174. The molecule has 0 radical (unpaired) electrons. The minimum atomic E-state index is -1.19. The SMILES string of the molecule is CC(=O)OCC1(C(=O)NC(c2ncc(-c3ccc(-c4ccc(-c5cnc(CC(C)(C)C)[nH]5)cc4)cc3)[nH]2)C(C)(C)C)OC2CCC1CC2.CC(=O)OCC1(C(N)=O)OC2CCC1CC2. The topological polar surface area (TPSA) is 201 Å². The summed E-state index contributed by atoms with van der Waals surface area (Å²) in [7, 11) is 0. The molecule has 14 heteroatoms. The molecule has 6 aliphatic rings. The number of aromatic nitrogens is 4. The molecule has 4 aliphatic heterocycles. The number of hydrogen-bond donors (Lipinski definition) is 4. The molecule has 4 bridgehead atoms. The average Bonchev–Trinajstić information content (AvgIpc) is 3.94. The van der Waals surface area contributed by atoms with Gasteiger partial charge in [0.2, 0.25) is 0 Å². The Labute approximate surface area is 376 Å². The molecule has 3 atom stereocenters. The first-order valence-electron chi connectivity index (χ1n) is 22.8. The Bertz CT molecular complexity index is 2270. The lowest BCUT2D eigenvalue weighted by Gasteiger charge is -2.50. The fraction of sp³-hybridized carbons (Fsp3) is 0.560. The van der Waals surface area contributed by atoms with Crippen LogP contribution in [0.15, 0.2) is 60.9 Å². The van der Waals surface area contributed by atoms with E-state index in [0.29, 0.717) is 5.82 Å². The number of benzene rings is 2. The second-order valence-electron chi connectivity index (χ2n) is 20.5. The quantitative estimate of drug-likeness (QED) is 0.101. The fourth-order valence-electron chi connectivity index (χ4n) is 9.80. The number of nitrogens with one attached hydrogen (secondary N) is 3. The Balaban J connectivity index is 0.000000321. The number of primary amides is 1. The fourth-order valence-corrected chi connectivity index (χ4v) is 9.80. The van der Waals surface area contributed by atoms with Crippen molar-refractivity contribution < 1.29 is 38.1 Å². The molecule has 10 rings (SSSR count). The van der Waals surface area contributed by atoms with Crippen LogP contribution in [-0.2, 0) is 44.5 Å². The summed E-state index contributed by atoms with van der Waals surface area (Å²) in [6.45, 7) is 15.4. The van der Waals surface area contributed by atoms with Gasteiger partial charge in [0, 0.05) is 32.1 Å². The molecule has 2 amide bonds. The van der Waals surface area contributed by atoms with E-state index in [1.807, 2.05) is 12.4 Å². The minimum absolute atomic E-state index is 0.00103. The summed E-state index contributed by atoms with van der Waals surface area (Å²) in [6.07, 6.45) is 12.1. The van der Waals surface area contributed by atoms with Crippen LogP contribution < -0.4 is 11.1 Å². The summed E-state index contributed by atoms with van der Waals surface area (Å²) in [5.41, 5.74) is 9.20. The standard InChI is InChI=1S/C39H49N5O4.C11H17NO4/c1-24(45)47-23-39(29-16-18-30(48-39)19-17-29)36(46)44-34(38(5,6)7)35-41-22-32(43-35)28-14-10-26(11-15-28)25-8-12-27(13-9-25)31-21-40-33(42-31)20-37(2,3)4;1-7(13)15-6-11(10(12)14)8-2-4-9(16-11)5-3-8/h8-15,21-22,29-30,34H,16-20,23H2,1-7H3,(H,40,42)(H,41,43)(H,44,46);8-9H,2-6H2,1H3,(H2,12,14). The number of nitrogens with two attached hydrogens (primary N) is 1. The molecular weight excluding hydrogens is 813 g/mol. The van der Waals surface area contributed by atoms with Crippen LogP contribution in [0.3, 0.4) is 0 Å². The largest absolute Gasteiger partial charge is 0.462 e. The number of rotatable bonds is 12. The van der Waals surface area contributed by atoms with Gasteiger partial charge in [-0.1, -0.05) is 90.1 Å². The number of nitrogens with zero attached hydrogens (tertiary/aromatic N) is 2. The van der Waals surface area contributed by atoms with Crippen LogP contribution >= 0.6 is 0 Å². The molecule has 0 spiro atoms. The van der Waals surface area contributed by atoms with Crippen molar-refractivity contribution in [3.8, 4) is 33.6 Å². The molecule has 64 heavy (non-hydrogen) atoms. The second kappa shape index (κ2) is 18.6. The van der Waals surface area contributed by atoms with Crippen molar-refractivity contribution in [2.24, 2.45) is 28.4 Å². The maximum Gasteiger partial charge on any atom is 0.302 e. The molecular formula is C50H66N6O8. The van der Waals surface area contributed by atoms with E-state index in [1.165, 1.54) is 13.8 Å². The molecule has 3 unspecified atom stereocenters. The van der Waals surface area contributed by atoms with E-state index in [4.69, 9.17) is 29.7 Å². The molecule has 5 N–H and O–H groups in total. The van der Waals surface area contributed by atoms with Gasteiger partial charge in [0.1, 0.15) is 24.9 Å². The van der Waals surface area contributed by atoms with Crippen molar-refractivity contribution in [1.29, 1.82) is 0 Å². The van der Waals surface area contributed by atoms with Gasteiger partial charge in [0.25, 0.3) is 11.8 Å². The Morgan fingerprint density at radius 1 is 0.688 bits per heavy atom. The Morgan fingerprint density at radius 3 is 1.55 bits per heavy atom. The van der Waals surface area contributed by atoms with Crippen LogP contribution in [-0.4, -0.2) is 80.3 Å². The van der Waals surface area contributed by atoms with Gasteiger partial charge in [-0.2, -0.15) is 0 Å². The van der Waals surface area contributed by atoms with E-state index in [0.717, 1.165) is 97.3 Å². The number of ether oxygens (including phenoxy) is 4. The van der Waals surface area contributed by atoms with E-state index < -0.39 is 35.1 Å². The smallest absolute Gasteiger partial charge is 0.302 e. The van der Waals surface area contributed by atoms with Crippen molar-refractivity contribution >= 4 is 23.8 Å². The van der Waals surface area contributed by atoms with Crippen LogP contribution in [0.1, 0.15) is 124 Å². The van der Waals surface area contributed by atoms with Crippen molar-refractivity contribution in [2.45, 2.75) is 143 Å². The predicted octanol–water partition coefficient (Wildman–Crippen LogP) is 8.18. The Morgan fingerprint density at radius 2 is 1.12 bits per heavy atom. The normalized spacial score (nSPS) is 25.4. The van der Waals surface area contributed by atoms with Gasteiger partial charge in [-0.25, -0.2) is 9.97 Å². The van der Waals surface area contributed by atoms with Gasteiger partial charge in [-0.15, -0.1) is 0 Å². The zero-order chi connectivity index (χ0) is 46.0. The highest BCUT2D eigenvalue weighted by Crippen LogP contribution is 2.46. The molecule has 14 nitrogen and oxygen atoms in total. The van der Waals surface area contributed by atoms with Gasteiger partial charge in [0.05, 0.1) is 42.0 Å². The highest BCUT2D eigenvalue weighted by atomic mass is 16.6. The molecule has 2 saturated carbocycles. The third-order valence-corrected chi connectivity index (χ3v) is 13.3. The average molecular weight is 879 g/mol. The number of carbonyl (C=O) groups excluding carboxylic acids is 4. The van der Waals surface area contributed by atoms with Crippen molar-refractivity contribution in [3.05, 3.63) is 72.6 Å². The van der Waals surface area contributed by atoms with Gasteiger partial charge < -0.3 is 40.0 Å². The third-order valence-electron chi connectivity index (χ3n) is 13.3. The van der Waals surface area contributed by atoms with Gasteiger partial charge >= 0.3 is 11.9 Å². The summed E-state index contributed by atoms with van der Waals surface area (Å²) >= 11 is 0. The number of aromatic amines is 2. The van der Waals surface area contributed by atoms with Crippen LogP contribution in [0.2, 0.25) is 0 Å². The molecule has 4 aromatic rings. The Hall–Kier alpha value is -5.34. The highest BCUT2D eigenvalue weighted by Gasteiger charge is 2.56. The van der Waals surface area contributed by atoms with E-state index in [9.17, 15) is 19.2 Å².